The third kappa shape index (κ3) is 52.0. The van der Waals surface area contributed by atoms with Crippen LogP contribution in [0.3, 0.4) is 0 Å². The van der Waals surface area contributed by atoms with Crippen molar-refractivity contribution in [1.82, 2.24) is 0 Å². The van der Waals surface area contributed by atoms with Crippen LogP contribution < -0.4 is 0 Å². The van der Waals surface area contributed by atoms with E-state index in [9.17, 15) is 21.4 Å². The highest BCUT2D eigenvalue weighted by atomic mass is 32.3. The van der Waals surface area contributed by atoms with Crippen LogP contribution in [0, 0.1) is 0 Å². The maximum atomic E-state index is 9.48. The first-order chi connectivity index (χ1) is 28.4. The molecule has 59 heavy (non-hydrogen) atoms. The van der Waals surface area contributed by atoms with Crippen molar-refractivity contribution in [2.45, 2.75) is 285 Å². The van der Waals surface area contributed by atoms with Gasteiger partial charge in [0.25, 0.3) is 0 Å². The zero-order valence-corrected chi connectivity index (χ0v) is 41.3. The Hall–Kier alpha value is -0.300. The standard InChI is InChI=1S/C48H100N.H2O8S2/c1-5-9-13-17-21-25-29-33-37-41-45-49(46-42-38-34-30-26-22-18-14-10-6-2,47-43-39-35-31-27-23-19-15-11-7-3)48-44-40-36-32-28-24-20-16-12-8-4;1-9(2,3)7-8-10(4,5)6/h5-48H2,1-4H3;(H,1,2,3)(H,4,5,6)/q+1;/p-1. The van der Waals surface area contributed by atoms with Crippen molar-refractivity contribution in [2.75, 3.05) is 26.2 Å². The van der Waals surface area contributed by atoms with Crippen LogP contribution >= 0.6 is 0 Å². The van der Waals surface area contributed by atoms with Gasteiger partial charge in [0.1, 0.15) is 0 Å². The summed E-state index contributed by atoms with van der Waals surface area (Å²) in [6.07, 6.45) is 58.7. The van der Waals surface area contributed by atoms with Crippen molar-refractivity contribution in [3.05, 3.63) is 0 Å². The number of unbranched alkanes of at least 4 members (excludes halogenated alkanes) is 36. The second-order valence-corrected chi connectivity index (χ2v) is 19.9. The molecule has 0 aliphatic rings. The molecule has 0 radical (unpaired) electrons. The van der Waals surface area contributed by atoms with Crippen molar-refractivity contribution < 1.29 is 39.1 Å². The molecule has 0 aliphatic carbocycles. The van der Waals surface area contributed by atoms with Gasteiger partial charge in [-0.25, -0.2) is 8.42 Å². The van der Waals surface area contributed by atoms with Gasteiger partial charge in [-0.3, -0.25) is 4.55 Å². The van der Waals surface area contributed by atoms with E-state index in [1.807, 2.05) is 0 Å². The third-order valence-electron chi connectivity index (χ3n) is 12.1. The molecule has 0 atom stereocenters. The van der Waals surface area contributed by atoms with E-state index in [2.05, 4.69) is 36.4 Å². The highest BCUT2D eigenvalue weighted by molar-refractivity contribution is 7.83. The van der Waals surface area contributed by atoms with E-state index in [0.29, 0.717) is 0 Å². The minimum absolute atomic E-state index is 1.37. The molecule has 0 aromatic carbocycles. The monoisotopic (exact) mass is 884 g/mol. The second-order valence-electron chi connectivity index (χ2n) is 17.9. The first-order valence-corrected chi connectivity index (χ1v) is 28.3. The lowest BCUT2D eigenvalue weighted by Crippen LogP contribution is -2.50. The van der Waals surface area contributed by atoms with Crippen LogP contribution in [0.5, 0.6) is 0 Å². The fourth-order valence-corrected chi connectivity index (χ4v) is 9.03. The van der Waals surface area contributed by atoms with Crippen molar-refractivity contribution in [3.63, 3.8) is 0 Å². The van der Waals surface area contributed by atoms with E-state index >= 15 is 0 Å². The predicted octanol–water partition coefficient (Wildman–Crippen LogP) is 15.7. The molecule has 0 bridgehead atoms. The number of quaternary nitrogens is 1. The SMILES string of the molecule is CCCCCCCCCCCC[N+](CCCCCCCCCCCC)(CCCCCCCCCCCC)CCCCCCCCCCCC.O=S(=O)([O-])OOS(=O)(=O)O. The quantitative estimate of drug-likeness (QED) is 0.0160. The van der Waals surface area contributed by atoms with Crippen LogP contribution in [0.2, 0.25) is 0 Å². The van der Waals surface area contributed by atoms with Crippen LogP contribution in [0.25, 0.3) is 0 Å². The molecule has 1 N–H and O–H groups in total. The Balaban J connectivity index is 0. The lowest BCUT2D eigenvalue weighted by Gasteiger charge is -2.40. The summed E-state index contributed by atoms with van der Waals surface area (Å²) in [6.45, 7) is 15.3. The van der Waals surface area contributed by atoms with Crippen LogP contribution in [0.15, 0.2) is 0 Å². The van der Waals surface area contributed by atoms with Crippen LogP contribution in [0.4, 0.5) is 0 Å². The molecule has 0 aromatic heterocycles. The number of hydrogen-bond acceptors (Lipinski definition) is 7. The van der Waals surface area contributed by atoms with Crippen molar-refractivity contribution in [1.29, 1.82) is 0 Å². The minimum atomic E-state index is -5.27. The number of hydrogen-bond donors (Lipinski definition) is 1. The number of rotatable bonds is 47. The fraction of sp³-hybridized carbons (Fsp3) is 1.00. The van der Waals surface area contributed by atoms with Gasteiger partial charge in [-0.05, 0) is 51.4 Å². The molecule has 0 saturated carbocycles. The normalized spacial score (nSPS) is 12.2. The average molecular weight is 884 g/mol. The highest BCUT2D eigenvalue weighted by Crippen LogP contribution is 2.22. The Morgan fingerprint density at radius 2 is 0.492 bits per heavy atom. The molecular weight excluding hydrogens is 783 g/mol. The molecule has 0 aromatic rings. The van der Waals surface area contributed by atoms with Crippen LogP contribution in [0.1, 0.15) is 285 Å². The Labute approximate surface area is 369 Å². The van der Waals surface area contributed by atoms with Crippen LogP contribution in [-0.2, 0) is 29.5 Å². The van der Waals surface area contributed by atoms with Gasteiger partial charge in [-0.15, -0.1) is 0 Å². The molecule has 0 fully saturated rings. The fourth-order valence-electron chi connectivity index (χ4n) is 8.48. The van der Waals surface area contributed by atoms with Gasteiger partial charge in [0.15, 0.2) is 0 Å². The zero-order chi connectivity index (χ0) is 44.0. The van der Waals surface area contributed by atoms with Gasteiger partial charge in [-0.2, -0.15) is 8.42 Å². The predicted molar refractivity (Wildman–Crippen MR) is 251 cm³/mol. The first-order valence-electron chi connectivity index (χ1n) is 25.6. The van der Waals surface area contributed by atoms with Gasteiger partial charge >= 0.3 is 10.4 Å². The summed E-state index contributed by atoms with van der Waals surface area (Å²) < 4.78 is 61.6. The highest BCUT2D eigenvalue weighted by Gasteiger charge is 2.25. The smallest absolute Gasteiger partial charge is 0.425 e. The van der Waals surface area contributed by atoms with Gasteiger partial charge < -0.3 is 9.04 Å². The molecular formula is C48H101NO8S2. The average Bonchev–Trinajstić information content (AvgIpc) is 3.19. The van der Waals surface area contributed by atoms with Gasteiger partial charge in [0, 0.05) is 0 Å². The molecule has 0 heterocycles. The van der Waals surface area contributed by atoms with E-state index in [1.165, 1.54) is 287 Å². The summed E-state index contributed by atoms with van der Waals surface area (Å²) in [5, 5.41) is 0. The minimum Gasteiger partial charge on any atom is -0.724 e. The molecule has 0 rings (SSSR count). The summed E-state index contributed by atoms with van der Waals surface area (Å²) in [5.41, 5.74) is 0. The summed E-state index contributed by atoms with van der Waals surface area (Å²) in [4.78, 5) is 0. The summed E-state index contributed by atoms with van der Waals surface area (Å²) in [6, 6.07) is 0. The Morgan fingerprint density at radius 3 is 0.627 bits per heavy atom. The maximum absolute atomic E-state index is 9.48. The molecule has 0 aliphatic heterocycles. The molecule has 0 saturated heterocycles. The second kappa shape index (κ2) is 45.7. The largest absolute Gasteiger partial charge is 0.724 e. The summed E-state index contributed by atoms with van der Waals surface area (Å²) >= 11 is 0. The maximum Gasteiger partial charge on any atom is 0.425 e. The molecule has 0 unspecified atom stereocenters. The topological polar surface area (TPSA) is 130 Å². The Bertz CT molecular complexity index is 908. The molecule has 0 amide bonds. The molecule has 358 valence electrons. The Morgan fingerprint density at radius 1 is 0.322 bits per heavy atom. The number of nitrogens with zero attached hydrogens (tertiary/aromatic N) is 1. The molecule has 9 nitrogen and oxygen atoms in total. The van der Waals surface area contributed by atoms with Crippen molar-refractivity contribution in [2.24, 2.45) is 0 Å². The third-order valence-corrected chi connectivity index (χ3v) is 12.7. The van der Waals surface area contributed by atoms with Crippen LogP contribution in [-0.4, -0.2) is 56.6 Å². The van der Waals surface area contributed by atoms with Crippen molar-refractivity contribution in [3.8, 4) is 0 Å². The lowest BCUT2D eigenvalue weighted by molar-refractivity contribution is -0.929. The molecule has 0 spiro atoms. The lowest BCUT2D eigenvalue weighted by atomic mass is 10.0. The summed E-state index contributed by atoms with van der Waals surface area (Å²) in [7, 11) is -10.3. The first kappa shape index (κ1) is 60.8. The zero-order valence-electron chi connectivity index (χ0n) is 39.7. The van der Waals surface area contributed by atoms with E-state index in [4.69, 9.17) is 4.55 Å². The molecule has 11 heteroatoms. The van der Waals surface area contributed by atoms with Gasteiger partial charge in [0.05, 0.1) is 26.2 Å². The summed E-state index contributed by atoms with van der Waals surface area (Å²) in [5.74, 6) is 0. The van der Waals surface area contributed by atoms with E-state index < -0.39 is 20.8 Å². The van der Waals surface area contributed by atoms with E-state index in [1.54, 1.807) is 0 Å². The van der Waals surface area contributed by atoms with Gasteiger partial charge in [0.2, 0.25) is 10.4 Å². The Kier molecular flexibility index (Phi) is 47.1. The van der Waals surface area contributed by atoms with Gasteiger partial charge in [-0.1, -0.05) is 242 Å². The van der Waals surface area contributed by atoms with E-state index in [-0.39, 0.29) is 0 Å². The van der Waals surface area contributed by atoms with E-state index in [0.717, 1.165) is 0 Å². The van der Waals surface area contributed by atoms with Crippen molar-refractivity contribution >= 4 is 20.8 Å².